The van der Waals surface area contributed by atoms with Crippen molar-refractivity contribution in [2.75, 3.05) is 39.2 Å². The minimum absolute atomic E-state index is 0.0508. The second-order valence-electron chi connectivity index (χ2n) is 5.57. The number of hydrogen-bond donors (Lipinski definition) is 1. The lowest BCUT2D eigenvalue weighted by molar-refractivity contribution is -0.385. The van der Waals surface area contributed by atoms with Crippen molar-refractivity contribution in [1.82, 2.24) is 4.90 Å². The SMILES string of the molecule is COc1cc(N2CC(O)CC2CN(C)C)ccc1[N+](=O)[O-]. The number of rotatable bonds is 5. The van der Waals surface area contributed by atoms with Crippen molar-refractivity contribution in [3.8, 4) is 5.75 Å². The smallest absolute Gasteiger partial charge is 0.311 e. The van der Waals surface area contributed by atoms with Crippen LogP contribution in [0.4, 0.5) is 11.4 Å². The average Bonchev–Trinajstić information content (AvgIpc) is 2.77. The number of benzene rings is 1. The molecule has 0 bridgehead atoms. The molecule has 0 amide bonds. The summed E-state index contributed by atoms with van der Waals surface area (Å²) in [4.78, 5) is 14.6. The zero-order valence-electron chi connectivity index (χ0n) is 12.5. The monoisotopic (exact) mass is 295 g/mol. The molecule has 2 unspecified atom stereocenters. The van der Waals surface area contributed by atoms with E-state index in [0.717, 1.165) is 12.2 Å². The molecule has 0 radical (unpaired) electrons. The average molecular weight is 295 g/mol. The van der Waals surface area contributed by atoms with Gasteiger partial charge in [0.25, 0.3) is 0 Å². The zero-order chi connectivity index (χ0) is 15.6. The molecular weight excluding hydrogens is 274 g/mol. The van der Waals surface area contributed by atoms with Crippen LogP contribution in [0.15, 0.2) is 18.2 Å². The van der Waals surface area contributed by atoms with Crippen LogP contribution in [0.1, 0.15) is 6.42 Å². The second kappa shape index (κ2) is 6.28. The molecule has 1 aromatic rings. The van der Waals surface area contributed by atoms with Crippen molar-refractivity contribution in [3.63, 3.8) is 0 Å². The standard InChI is InChI=1S/C14H21N3O4/c1-15(2)8-11-6-12(18)9-16(11)10-4-5-13(17(19)20)14(7-10)21-3/h4-5,7,11-12,18H,6,8-9H2,1-3H3. The molecule has 21 heavy (non-hydrogen) atoms. The molecule has 1 fully saturated rings. The summed E-state index contributed by atoms with van der Waals surface area (Å²) in [6.07, 6.45) is 0.313. The van der Waals surface area contributed by atoms with E-state index in [1.54, 1.807) is 12.1 Å². The lowest BCUT2D eigenvalue weighted by Crippen LogP contribution is -2.37. The van der Waals surface area contributed by atoms with Gasteiger partial charge in [0, 0.05) is 37.0 Å². The maximum Gasteiger partial charge on any atom is 0.311 e. The second-order valence-corrected chi connectivity index (χ2v) is 5.57. The van der Waals surface area contributed by atoms with Gasteiger partial charge in [-0.05, 0) is 26.6 Å². The fraction of sp³-hybridized carbons (Fsp3) is 0.571. The van der Waals surface area contributed by atoms with Gasteiger partial charge in [0.1, 0.15) is 0 Å². The summed E-state index contributed by atoms with van der Waals surface area (Å²) in [7, 11) is 5.39. The Morgan fingerprint density at radius 2 is 2.24 bits per heavy atom. The van der Waals surface area contributed by atoms with Gasteiger partial charge in [-0.15, -0.1) is 0 Å². The van der Waals surface area contributed by atoms with Crippen molar-refractivity contribution >= 4 is 11.4 Å². The molecule has 0 aliphatic carbocycles. The number of ether oxygens (including phenoxy) is 1. The van der Waals surface area contributed by atoms with E-state index < -0.39 is 4.92 Å². The molecule has 116 valence electrons. The molecule has 0 spiro atoms. The van der Waals surface area contributed by atoms with E-state index in [2.05, 4.69) is 9.80 Å². The van der Waals surface area contributed by atoms with E-state index >= 15 is 0 Å². The molecule has 1 saturated heterocycles. The Balaban J connectivity index is 2.29. The first-order valence-corrected chi connectivity index (χ1v) is 6.84. The normalized spacial score (nSPS) is 21.9. The molecule has 0 saturated carbocycles. The highest BCUT2D eigenvalue weighted by molar-refractivity contribution is 5.60. The maximum atomic E-state index is 10.9. The van der Waals surface area contributed by atoms with E-state index in [-0.39, 0.29) is 23.6 Å². The quantitative estimate of drug-likeness (QED) is 0.647. The van der Waals surface area contributed by atoms with E-state index in [1.165, 1.54) is 13.2 Å². The van der Waals surface area contributed by atoms with E-state index in [0.29, 0.717) is 13.0 Å². The Morgan fingerprint density at radius 3 is 2.81 bits per heavy atom. The number of nitrogens with zero attached hydrogens (tertiary/aromatic N) is 3. The number of β-amino-alcohol motifs (C(OH)–C–C–N with tert-alkyl or cyclic N) is 1. The van der Waals surface area contributed by atoms with Crippen molar-refractivity contribution in [1.29, 1.82) is 0 Å². The van der Waals surface area contributed by atoms with Crippen molar-refractivity contribution in [3.05, 3.63) is 28.3 Å². The van der Waals surface area contributed by atoms with Crippen LogP contribution in [0.3, 0.4) is 0 Å². The van der Waals surface area contributed by atoms with Crippen LogP contribution in [0.25, 0.3) is 0 Å². The molecule has 0 aromatic heterocycles. The van der Waals surface area contributed by atoms with Gasteiger partial charge in [-0.1, -0.05) is 0 Å². The van der Waals surface area contributed by atoms with E-state index in [4.69, 9.17) is 4.74 Å². The molecule has 7 nitrogen and oxygen atoms in total. The fourth-order valence-electron chi connectivity index (χ4n) is 2.80. The minimum Gasteiger partial charge on any atom is -0.490 e. The summed E-state index contributed by atoms with van der Waals surface area (Å²) in [5.74, 6) is 0.238. The highest BCUT2D eigenvalue weighted by Gasteiger charge is 2.32. The number of nitro benzene ring substituents is 1. The number of likely N-dealkylation sites (N-methyl/N-ethyl adjacent to an activating group) is 1. The van der Waals surface area contributed by atoms with Crippen LogP contribution in [0, 0.1) is 10.1 Å². The number of hydrogen-bond acceptors (Lipinski definition) is 6. The van der Waals surface area contributed by atoms with Crippen LogP contribution in [-0.4, -0.2) is 61.4 Å². The van der Waals surface area contributed by atoms with Gasteiger partial charge in [-0.2, -0.15) is 0 Å². The minimum atomic E-state index is -0.460. The predicted octanol–water partition coefficient (Wildman–Crippen LogP) is 1.10. The van der Waals surface area contributed by atoms with Crippen LogP contribution in [-0.2, 0) is 0 Å². The topological polar surface area (TPSA) is 79.1 Å². The number of anilines is 1. The fourth-order valence-corrected chi connectivity index (χ4v) is 2.80. The van der Waals surface area contributed by atoms with Crippen LogP contribution < -0.4 is 9.64 Å². The van der Waals surface area contributed by atoms with Gasteiger partial charge in [-0.25, -0.2) is 0 Å². The summed E-state index contributed by atoms with van der Waals surface area (Å²) < 4.78 is 5.11. The summed E-state index contributed by atoms with van der Waals surface area (Å²) in [5.41, 5.74) is 0.783. The first-order valence-electron chi connectivity index (χ1n) is 6.84. The van der Waals surface area contributed by atoms with Gasteiger partial charge >= 0.3 is 5.69 Å². The molecule has 1 N–H and O–H groups in total. The molecular formula is C14H21N3O4. The maximum absolute atomic E-state index is 10.9. The Kier molecular flexibility index (Phi) is 4.64. The first-order chi connectivity index (χ1) is 9.92. The number of aliphatic hydroxyl groups excluding tert-OH is 1. The third-order valence-electron chi connectivity index (χ3n) is 3.66. The molecule has 1 heterocycles. The van der Waals surface area contributed by atoms with Crippen molar-refractivity contribution < 1.29 is 14.8 Å². The van der Waals surface area contributed by atoms with Crippen LogP contribution in [0.5, 0.6) is 5.75 Å². The number of aliphatic hydroxyl groups is 1. The van der Waals surface area contributed by atoms with Gasteiger partial charge in [0.2, 0.25) is 0 Å². The predicted molar refractivity (Wildman–Crippen MR) is 80.0 cm³/mol. The molecule has 1 aromatic carbocycles. The third kappa shape index (κ3) is 3.43. The summed E-state index contributed by atoms with van der Waals surface area (Å²) >= 11 is 0. The van der Waals surface area contributed by atoms with Crippen molar-refractivity contribution in [2.24, 2.45) is 0 Å². The Hall–Kier alpha value is -1.86. The zero-order valence-corrected chi connectivity index (χ0v) is 12.5. The Morgan fingerprint density at radius 1 is 1.52 bits per heavy atom. The summed E-state index contributed by atoms with van der Waals surface area (Å²) in [6, 6.07) is 5.01. The highest BCUT2D eigenvalue weighted by atomic mass is 16.6. The van der Waals surface area contributed by atoms with Crippen LogP contribution in [0.2, 0.25) is 0 Å². The van der Waals surface area contributed by atoms with Crippen LogP contribution >= 0.6 is 0 Å². The number of methoxy groups -OCH3 is 1. The summed E-state index contributed by atoms with van der Waals surface area (Å²) in [5, 5.41) is 20.9. The molecule has 2 atom stereocenters. The molecule has 1 aliphatic heterocycles. The lowest BCUT2D eigenvalue weighted by Gasteiger charge is -2.28. The van der Waals surface area contributed by atoms with Gasteiger partial charge in [0.15, 0.2) is 5.75 Å². The summed E-state index contributed by atoms with van der Waals surface area (Å²) in [6.45, 7) is 1.34. The first kappa shape index (κ1) is 15.5. The Bertz CT molecular complexity index is 521. The largest absolute Gasteiger partial charge is 0.490 e. The van der Waals surface area contributed by atoms with E-state index in [9.17, 15) is 15.2 Å². The van der Waals surface area contributed by atoms with Gasteiger partial charge in [0.05, 0.1) is 18.1 Å². The number of nitro groups is 1. The molecule has 7 heteroatoms. The van der Waals surface area contributed by atoms with E-state index in [1.807, 2.05) is 14.1 Å². The third-order valence-corrected chi connectivity index (χ3v) is 3.66. The highest BCUT2D eigenvalue weighted by Crippen LogP contribution is 2.34. The Labute approximate surface area is 123 Å². The molecule has 1 aliphatic rings. The van der Waals surface area contributed by atoms with Crippen molar-refractivity contribution in [2.45, 2.75) is 18.6 Å². The lowest BCUT2D eigenvalue weighted by atomic mass is 10.1. The van der Waals surface area contributed by atoms with Gasteiger partial charge < -0.3 is 19.6 Å². The molecule has 2 rings (SSSR count). The van der Waals surface area contributed by atoms with Gasteiger partial charge in [-0.3, -0.25) is 10.1 Å².